The van der Waals surface area contributed by atoms with Crippen molar-refractivity contribution in [2.75, 3.05) is 0 Å². The van der Waals surface area contributed by atoms with Crippen molar-refractivity contribution >= 4 is 64.6 Å². The normalized spacial score (nSPS) is 11.7. The van der Waals surface area contributed by atoms with Crippen molar-refractivity contribution in [3.63, 3.8) is 0 Å². The minimum absolute atomic E-state index is 1.21. The van der Waals surface area contributed by atoms with Gasteiger partial charge in [0.25, 0.3) is 0 Å². The lowest BCUT2D eigenvalue weighted by Crippen LogP contribution is -1.93. The molecule has 0 unspecified atom stereocenters. The van der Waals surface area contributed by atoms with E-state index in [1.54, 1.807) is 0 Å². The van der Waals surface area contributed by atoms with Gasteiger partial charge in [-0.3, -0.25) is 0 Å². The van der Waals surface area contributed by atoms with Crippen LogP contribution in [0.25, 0.3) is 120 Å². The number of benzene rings is 12. The summed E-state index contributed by atoms with van der Waals surface area (Å²) in [6.07, 6.45) is 0. The number of hydrogen-bond donors (Lipinski definition) is 0. The quantitative estimate of drug-likeness (QED) is 0.164. The van der Waals surface area contributed by atoms with Gasteiger partial charge in [0.15, 0.2) is 0 Å². The summed E-state index contributed by atoms with van der Waals surface area (Å²) in [6.45, 7) is 0. The zero-order valence-corrected chi connectivity index (χ0v) is 32.9. The summed E-state index contributed by atoms with van der Waals surface area (Å²) in [5, 5.41) is 15.0. The third kappa shape index (κ3) is 5.53. The molecule has 0 aliphatic rings. The average molecular weight is 759 g/mol. The van der Waals surface area contributed by atoms with Crippen molar-refractivity contribution in [3.8, 4) is 55.6 Å². The van der Waals surface area contributed by atoms with Crippen molar-refractivity contribution in [2.45, 2.75) is 0 Å². The molecule has 0 amide bonds. The first-order valence-electron chi connectivity index (χ1n) is 20.8. The van der Waals surface area contributed by atoms with Crippen LogP contribution in [0.4, 0.5) is 0 Å². The van der Waals surface area contributed by atoms with Crippen molar-refractivity contribution in [1.29, 1.82) is 0 Å². The van der Waals surface area contributed by atoms with Gasteiger partial charge in [0.05, 0.1) is 0 Å². The highest BCUT2D eigenvalue weighted by Crippen LogP contribution is 2.47. The Hall–Kier alpha value is -7.80. The first-order valence-corrected chi connectivity index (χ1v) is 20.8. The summed E-state index contributed by atoms with van der Waals surface area (Å²) in [6, 6.07) is 85.4. The van der Waals surface area contributed by atoms with E-state index in [1.165, 1.54) is 120 Å². The SMILES string of the molecule is c1ccc2c(-c3ccc4ccc(-c5cccc6ccccc56)c(-c5ccc(-c6cc(-c7cccc8ccccc78)c7ccccc7c6)c6ccccc56)c4c3)cccc2c1. The van der Waals surface area contributed by atoms with E-state index >= 15 is 0 Å². The van der Waals surface area contributed by atoms with Crippen LogP contribution >= 0.6 is 0 Å². The minimum Gasteiger partial charge on any atom is -0.0616 e. The molecule has 0 atom stereocenters. The van der Waals surface area contributed by atoms with E-state index in [2.05, 4.69) is 231 Å². The Morgan fingerprint density at radius 2 is 0.567 bits per heavy atom. The summed E-state index contributed by atoms with van der Waals surface area (Å²) in [5.74, 6) is 0. The average Bonchev–Trinajstić information content (AvgIpc) is 3.32. The van der Waals surface area contributed by atoms with E-state index in [1.807, 2.05) is 0 Å². The Balaban J connectivity index is 1.14. The fraction of sp³-hybridized carbons (Fsp3) is 0. The van der Waals surface area contributed by atoms with Crippen LogP contribution in [0.15, 0.2) is 231 Å². The highest BCUT2D eigenvalue weighted by Gasteiger charge is 2.20. The third-order valence-corrected chi connectivity index (χ3v) is 12.6. The lowest BCUT2D eigenvalue weighted by atomic mass is 9.83. The van der Waals surface area contributed by atoms with Crippen molar-refractivity contribution in [3.05, 3.63) is 231 Å². The molecule has 0 aliphatic heterocycles. The van der Waals surface area contributed by atoms with E-state index in [0.717, 1.165) is 0 Å². The molecule has 12 aromatic carbocycles. The summed E-state index contributed by atoms with van der Waals surface area (Å²) < 4.78 is 0. The lowest BCUT2D eigenvalue weighted by molar-refractivity contribution is 1.63. The highest BCUT2D eigenvalue weighted by molar-refractivity contribution is 6.17. The van der Waals surface area contributed by atoms with Crippen LogP contribution in [0.5, 0.6) is 0 Å². The summed E-state index contributed by atoms with van der Waals surface area (Å²) in [4.78, 5) is 0. The minimum atomic E-state index is 1.21. The molecule has 278 valence electrons. The van der Waals surface area contributed by atoms with E-state index in [4.69, 9.17) is 0 Å². The van der Waals surface area contributed by atoms with Crippen LogP contribution in [0.1, 0.15) is 0 Å². The molecule has 0 nitrogen and oxygen atoms in total. The summed E-state index contributed by atoms with van der Waals surface area (Å²) in [7, 11) is 0. The number of fused-ring (bicyclic) bond motifs is 6. The second-order valence-electron chi connectivity index (χ2n) is 16.0. The Morgan fingerprint density at radius 1 is 0.167 bits per heavy atom. The standard InChI is InChI=1S/C60H38/c1-5-21-46-39(14-1)18-11-27-49(46)44-31-30-42-32-33-56(53-28-12-19-40-15-2-6-22-47(40)53)60(58(42)37-44)57-35-34-51(52-25-9-10-26-55(52)57)45-36-43-17-4-8-24-50(43)59(38-45)54-29-13-20-41-16-3-7-23-48(41)54/h1-38H. The maximum Gasteiger partial charge on any atom is -0.00201 e. The third-order valence-electron chi connectivity index (χ3n) is 12.6. The van der Waals surface area contributed by atoms with Gasteiger partial charge in [-0.05, 0) is 138 Å². The fourth-order valence-electron chi connectivity index (χ4n) is 9.86. The van der Waals surface area contributed by atoms with Crippen molar-refractivity contribution < 1.29 is 0 Å². The molecule has 0 saturated heterocycles. The Kier molecular flexibility index (Phi) is 7.96. The topological polar surface area (TPSA) is 0 Å². The van der Waals surface area contributed by atoms with Crippen LogP contribution < -0.4 is 0 Å². The van der Waals surface area contributed by atoms with Gasteiger partial charge in [-0.25, -0.2) is 0 Å². The second-order valence-corrected chi connectivity index (χ2v) is 16.0. The molecule has 0 saturated carbocycles. The maximum atomic E-state index is 2.43. The van der Waals surface area contributed by atoms with Crippen LogP contribution in [-0.2, 0) is 0 Å². The van der Waals surface area contributed by atoms with Crippen molar-refractivity contribution in [1.82, 2.24) is 0 Å². The Bertz CT molecular complexity index is 3640. The first-order chi connectivity index (χ1) is 29.8. The zero-order valence-electron chi connectivity index (χ0n) is 32.9. The fourth-order valence-corrected chi connectivity index (χ4v) is 9.86. The first kappa shape index (κ1) is 34.3. The lowest BCUT2D eigenvalue weighted by Gasteiger charge is -2.20. The highest BCUT2D eigenvalue weighted by atomic mass is 14.2. The summed E-state index contributed by atoms with van der Waals surface area (Å²) >= 11 is 0. The predicted octanol–water partition coefficient (Wildman–Crippen LogP) is 16.9. The number of hydrogen-bond acceptors (Lipinski definition) is 0. The molecule has 12 rings (SSSR count). The van der Waals surface area contributed by atoms with Gasteiger partial charge in [-0.15, -0.1) is 0 Å². The summed E-state index contributed by atoms with van der Waals surface area (Å²) in [5.41, 5.74) is 12.4. The van der Waals surface area contributed by atoms with E-state index in [0.29, 0.717) is 0 Å². The molecule has 0 heterocycles. The molecular formula is C60H38. The van der Waals surface area contributed by atoms with Gasteiger partial charge >= 0.3 is 0 Å². The van der Waals surface area contributed by atoms with E-state index in [-0.39, 0.29) is 0 Å². The van der Waals surface area contributed by atoms with E-state index < -0.39 is 0 Å². The Morgan fingerprint density at radius 3 is 1.20 bits per heavy atom. The monoisotopic (exact) mass is 758 g/mol. The molecule has 0 N–H and O–H groups in total. The predicted molar refractivity (Wildman–Crippen MR) is 259 cm³/mol. The second kappa shape index (κ2) is 13.9. The number of rotatable bonds is 5. The molecule has 0 aromatic heterocycles. The van der Waals surface area contributed by atoms with Gasteiger partial charge in [0.2, 0.25) is 0 Å². The molecular weight excluding hydrogens is 721 g/mol. The smallest absolute Gasteiger partial charge is 0.00201 e. The van der Waals surface area contributed by atoms with Gasteiger partial charge in [0, 0.05) is 0 Å². The largest absolute Gasteiger partial charge is 0.0616 e. The van der Waals surface area contributed by atoms with Crippen LogP contribution in [0, 0.1) is 0 Å². The molecule has 0 spiro atoms. The van der Waals surface area contributed by atoms with Crippen LogP contribution in [-0.4, -0.2) is 0 Å². The molecule has 0 fully saturated rings. The van der Waals surface area contributed by atoms with Gasteiger partial charge in [-0.2, -0.15) is 0 Å². The molecule has 0 bridgehead atoms. The maximum absolute atomic E-state index is 2.43. The zero-order chi connectivity index (χ0) is 39.6. The molecule has 60 heavy (non-hydrogen) atoms. The molecule has 0 heteroatoms. The van der Waals surface area contributed by atoms with Gasteiger partial charge in [0.1, 0.15) is 0 Å². The van der Waals surface area contributed by atoms with E-state index in [9.17, 15) is 0 Å². The van der Waals surface area contributed by atoms with Gasteiger partial charge in [-0.1, -0.05) is 212 Å². The molecule has 12 aromatic rings. The van der Waals surface area contributed by atoms with Crippen LogP contribution in [0.2, 0.25) is 0 Å². The molecule has 0 radical (unpaired) electrons. The van der Waals surface area contributed by atoms with Crippen LogP contribution in [0.3, 0.4) is 0 Å². The van der Waals surface area contributed by atoms with Crippen molar-refractivity contribution in [2.24, 2.45) is 0 Å². The Labute approximate surface area is 349 Å². The molecule has 0 aliphatic carbocycles. The van der Waals surface area contributed by atoms with Gasteiger partial charge < -0.3 is 0 Å².